The molecular weight excluding hydrogens is 264 g/mol. The van der Waals surface area contributed by atoms with Gasteiger partial charge >= 0.3 is 5.97 Å². The third-order valence-corrected chi connectivity index (χ3v) is 4.54. The van der Waals surface area contributed by atoms with Crippen molar-refractivity contribution in [3.05, 3.63) is 30.0 Å². The van der Waals surface area contributed by atoms with Crippen LogP contribution in [0.25, 0.3) is 10.9 Å². The maximum Gasteiger partial charge on any atom is 0.321 e. The first kappa shape index (κ1) is 12.4. The molecule has 1 aliphatic heterocycles. The van der Waals surface area contributed by atoms with Gasteiger partial charge in [0.25, 0.3) is 0 Å². The number of carboxylic acid groups (broad SMARTS) is 1. The van der Waals surface area contributed by atoms with Gasteiger partial charge in [-0.25, -0.2) is 0 Å². The first-order valence-electron chi connectivity index (χ1n) is 6.03. The van der Waals surface area contributed by atoms with Crippen molar-refractivity contribution >= 4 is 28.6 Å². The van der Waals surface area contributed by atoms with Crippen LogP contribution in [0.4, 0.5) is 0 Å². The second-order valence-corrected chi connectivity index (χ2v) is 5.86. The van der Waals surface area contributed by atoms with Crippen molar-refractivity contribution in [2.45, 2.75) is 17.8 Å². The second-order valence-electron chi connectivity index (χ2n) is 4.63. The average molecular weight is 278 g/mol. The van der Waals surface area contributed by atoms with Crippen LogP contribution in [0.5, 0.6) is 5.75 Å². The number of carboxylic acids is 1. The number of nitrogens with one attached hydrogen (secondary N) is 2. The van der Waals surface area contributed by atoms with Gasteiger partial charge in [0, 0.05) is 22.9 Å². The van der Waals surface area contributed by atoms with E-state index in [9.17, 15) is 9.90 Å². The van der Waals surface area contributed by atoms with Gasteiger partial charge in [-0.2, -0.15) is 0 Å². The Hall–Kier alpha value is -1.66. The van der Waals surface area contributed by atoms with Gasteiger partial charge in [-0.3, -0.25) is 10.1 Å². The van der Waals surface area contributed by atoms with Gasteiger partial charge in [-0.05, 0) is 30.2 Å². The number of aromatic hydroxyl groups is 1. The fourth-order valence-corrected chi connectivity index (χ4v) is 3.55. The maximum absolute atomic E-state index is 10.9. The van der Waals surface area contributed by atoms with Gasteiger partial charge in [-0.15, -0.1) is 11.8 Å². The first-order chi connectivity index (χ1) is 9.13. The van der Waals surface area contributed by atoms with Gasteiger partial charge in [0.05, 0.1) is 5.37 Å². The number of H-pyrrole nitrogens is 1. The lowest BCUT2D eigenvalue weighted by Gasteiger charge is -2.10. The van der Waals surface area contributed by atoms with Crippen LogP contribution in [0, 0.1) is 0 Å². The Kier molecular flexibility index (Phi) is 3.12. The summed E-state index contributed by atoms with van der Waals surface area (Å²) < 4.78 is 0. The van der Waals surface area contributed by atoms with Crippen molar-refractivity contribution in [3.8, 4) is 5.75 Å². The Morgan fingerprint density at radius 1 is 1.47 bits per heavy atom. The zero-order valence-electron chi connectivity index (χ0n) is 10.1. The Balaban J connectivity index is 1.79. The zero-order valence-corrected chi connectivity index (χ0v) is 10.9. The predicted molar refractivity (Wildman–Crippen MR) is 74.5 cm³/mol. The summed E-state index contributed by atoms with van der Waals surface area (Å²) in [6.07, 6.45) is 2.65. The number of rotatable bonds is 3. The zero-order chi connectivity index (χ0) is 13.4. The Labute approximate surface area is 114 Å². The Morgan fingerprint density at radius 3 is 3.05 bits per heavy atom. The molecule has 0 unspecified atom stereocenters. The molecular formula is C13H14N2O3S. The monoisotopic (exact) mass is 278 g/mol. The third-order valence-electron chi connectivity index (χ3n) is 3.31. The van der Waals surface area contributed by atoms with E-state index in [0.29, 0.717) is 5.75 Å². The quantitative estimate of drug-likeness (QED) is 0.684. The van der Waals surface area contributed by atoms with Crippen LogP contribution in [0.3, 0.4) is 0 Å². The number of hydrogen-bond donors (Lipinski definition) is 4. The summed E-state index contributed by atoms with van der Waals surface area (Å²) in [4.78, 5) is 14.1. The molecule has 0 amide bonds. The van der Waals surface area contributed by atoms with Crippen molar-refractivity contribution in [2.75, 3.05) is 5.75 Å². The Morgan fingerprint density at radius 2 is 2.32 bits per heavy atom. The molecule has 2 aromatic rings. The summed E-state index contributed by atoms with van der Waals surface area (Å²) in [5.41, 5.74) is 2.06. The number of hydrogen-bond acceptors (Lipinski definition) is 4. The molecule has 1 aromatic carbocycles. The molecule has 4 N–H and O–H groups in total. The molecule has 5 nitrogen and oxygen atoms in total. The van der Waals surface area contributed by atoms with Crippen LogP contribution >= 0.6 is 11.8 Å². The molecule has 3 rings (SSSR count). The topological polar surface area (TPSA) is 85.3 Å². The summed E-state index contributed by atoms with van der Waals surface area (Å²) >= 11 is 1.62. The van der Waals surface area contributed by atoms with E-state index in [1.807, 2.05) is 12.3 Å². The minimum absolute atomic E-state index is 0.0995. The number of carbonyl (C=O) groups is 1. The van der Waals surface area contributed by atoms with Crippen LogP contribution in [0.15, 0.2) is 24.4 Å². The van der Waals surface area contributed by atoms with Crippen molar-refractivity contribution < 1.29 is 15.0 Å². The van der Waals surface area contributed by atoms with Crippen LogP contribution in [0.1, 0.15) is 5.56 Å². The van der Waals surface area contributed by atoms with Gasteiger partial charge in [0.1, 0.15) is 11.8 Å². The molecule has 0 aliphatic carbocycles. The van der Waals surface area contributed by atoms with Crippen LogP contribution in [-0.2, 0) is 11.2 Å². The SMILES string of the molecule is O=C(O)[C@@H]1CS[C@H](Cc2c[nH]c3ccc(O)cc23)N1. The predicted octanol–water partition coefficient (Wildman–Crippen LogP) is 1.53. The van der Waals surface area contributed by atoms with E-state index in [-0.39, 0.29) is 11.1 Å². The van der Waals surface area contributed by atoms with Crippen LogP contribution in [0.2, 0.25) is 0 Å². The van der Waals surface area contributed by atoms with Crippen LogP contribution in [-0.4, -0.2) is 38.3 Å². The smallest absolute Gasteiger partial charge is 0.321 e. The molecule has 100 valence electrons. The highest BCUT2D eigenvalue weighted by Crippen LogP contribution is 2.28. The van der Waals surface area contributed by atoms with Crippen molar-refractivity contribution in [1.82, 2.24) is 10.3 Å². The fraction of sp³-hybridized carbons (Fsp3) is 0.308. The van der Waals surface area contributed by atoms with Gasteiger partial charge in [-0.1, -0.05) is 0 Å². The normalized spacial score (nSPS) is 22.9. The average Bonchev–Trinajstić information content (AvgIpc) is 2.98. The molecule has 0 bridgehead atoms. The first-order valence-corrected chi connectivity index (χ1v) is 7.08. The standard InChI is InChI=1S/C13H14N2O3S/c16-8-1-2-10-9(4-8)7(5-14-10)3-12-15-11(6-19-12)13(17)18/h1-2,4-5,11-12,14-16H,3,6H2,(H,17,18)/t11-,12+/m0/s1. The summed E-state index contributed by atoms with van der Waals surface area (Å²) in [7, 11) is 0. The summed E-state index contributed by atoms with van der Waals surface area (Å²) in [5.74, 6) is 0.0310. The van der Waals surface area contributed by atoms with Gasteiger partial charge in [0.15, 0.2) is 0 Å². The lowest BCUT2D eigenvalue weighted by molar-refractivity contribution is -0.138. The number of aliphatic carboxylic acids is 1. The molecule has 0 spiro atoms. The Bertz CT molecular complexity index is 625. The molecule has 1 aliphatic rings. The maximum atomic E-state index is 10.9. The van der Waals surface area contributed by atoms with E-state index in [4.69, 9.17) is 5.11 Å². The lowest BCUT2D eigenvalue weighted by atomic mass is 10.1. The minimum Gasteiger partial charge on any atom is -0.508 e. The third kappa shape index (κ3) is 2.41. The minimum atomic E-state index is -0.799. The molecule has 0 saturated carbocycles. The number of aromatic nitrogens is 1. The van der Waals surface area contributed by atoms with E-state index in [0.717, 1.165) is 22.9 Å². The lowest BCUT2D eigenvalue weighted by Crippen LogP contribution is -2.37. The highest BCUT2D eigenvalue weighted by molar-refractivity contribution is 8.00. The van der Waals surface area contributed by atoms with E-state index < -0.39 is 12.0 Å². The molecule has 1 aromatic heterocycles. The fourth-order valence-electron chi connectivity index (χ4n) is 2.33. The molecule has 2 heterocycles. The molecule has 1 saturated heterocycles. The highest BCUT2D eigenvalue weighted by Gasteiger charge is 2.29. The van der Waals surface area contributed by atoms with Crippen molar-refractivity contribution in [2.24, 2.45) is 0 Å². The molecule has 6 heteroatoms. The van der Waals surface area contributed by atoms with E-state index in [1.165, 1.54) is 0 Å². The molecule has 19 heavy (non-hydrogen) atoms. The molecule has 1 fully saturated rings. The van der Waals surface area contributed by atoms with E-state index >= 15 is 0 Å². The van der Waals surface area contributed by atoms with Crippen molar-refractivity contribution in [1.29, 1.82) is 0 Å². The summed E-state index contributed by atoms with van der Waals surface area (Å²) in [5, 5.41) is 22.7. The van der Waals surface area contributed by atoms with Crippen LogP contribution < -0.4 is 5.32 Å². The number of fused-ring (bicyclic) bond motifs is 1. The van der Waals surface area contributed by atoms with E-state index in [1.54, 1.807) is 23.9 Å². The largest absolute Gasteiger partial charge is 0.508 e. The van der Waals surface area contributed by atoms with E-state index in [2.05, 4.69) is 10.3 Å². The number of phenolic OH excluding ortho intramolecular Hbond substituents is 1. The summed E-state index contributed by atoms with van der Waals surface area (Å²) in [6, 6.07) is 4.75. The van der Waals surface area contributed by atoms with Crippen molar-refractivity contribution in [3.63, 3.8) is 0 Å². The number of benzene rings is 1. The van der Waals surface area contributed by atoms with Gasteiger partial charge in [0.2, 0.25) is 0 Å². The highest BCUT2D eigenvalue weighted by atomic mass is 32.2. The summed E-state index contributed by atoms with van der Waals surface area (Å²) in [6.45, 7) is 0. The molecule has 0 radical (unpaired) electrons. The number of phenols is 1. The van der Waals surface area contributed by atoms with Gasteiger partial charge < -0.3 is 15.2 Å². The number of aromatic amines is 1. The molecule has 2 atom stereocenters. The second kappa shape index (κ2) is 4.79. The number of thioether (sulfide) groups is 1.